The smallest absolute Gasteiger partial charge is 0.329 e. The van der Waals surface area contributed by atoms with Crippen LogP contribution in [0.25, 0.3) is 0 Å². The van der Waals surface area contributed by atoms with Crippen molar-refractivity contribution in [3.8, 4) is 0 Å². The van der Waals surface area contributed by atoms with E-state index in [0.29, 0.717) is 0 Å². The Morgan fingerprint density at radius 2 is 1.77 bits per heavy atom. The molecule has 1 N–H and O–H groups in total. The lowest BCUT2D eigenvalue weighted by Crippen LogP contribution is -2.44. The van der Waals surface area contributed by atoms with Crippen molar-refractivity contribution in [3.63, 3.8) is 0 Å². The van der Waals surface area contributed by atoms with Gasteiger partial charge in [0.1, 0.15) is 11.9 Å². The highest BCUT2D eigenvalue weighted by atomic mass is 19.1. The third kappa shape index (κ3) is 3.85. The number of nitro groups is 1. The molecule has 2 aromatic carbocycles. The number of halogens is 1. The number of nitrogens with one attached hydrogen (secondary N) is 1. The predicted molar refractivity (Wildman–Crippen MR) is 99.0 cm³/mol. The number of nitro benzene ring substituents is 1. The van der Waals surface area contributed by atoms with Crippen LogP contribution in [0.3, 0.4) is 0 Å². The van der Waals surface area contributed by atoms with Gasteiger partial charge in [-0.2, -0.15) is 0 Å². The van der Waals surface area contributed by atoms with E-state index in [4.69, 9.17) is 4.74 Å². The first-order valence-electron chi connectivity index (χ1n) is 8.58. The van der Waals surface area contributed by atoms with E-state index in [1.807, 2.05) is 0 Å². The summed E-state index contributed by atoms with van der Waals surface area (Å²) in [7, 11) is 0. The van der Waals surface area contributed by atoms with Gasteiger partial charge in [-0.25, -0.2) is 9.18 Å². The fourth-order valence-corrected chi connectivity index (χ4v) is 2.83. The second kappa shape index (κ2) is 8.07. The third-order valence-electron chi connectivity index (χ3n) is 4.33. The Labute approximate surface area is 168 Å². The molecule has 2 aromatic rings. The second-order valence-corrected chi connectivity index (χ2v) is 6.28. The maximum Gasteiger partial charge on any atom is 0.329 e. The standard InChI is InChI=1S/C19H14FN3O7/c1-10(22-17(25)12-4-2-3-5-13(12)18(22)26)19(27)30-9-16(24)21-15-8-11(23(28)29)6-7-14(15)20/h2-8,10H,9H2,1H3,(H,21,24)/t10-/m0/s1. The van der Waals surface area contributed by atoms with Gasteiger partial charge in [0.25, 0.3) is 23.4 Å². The molecule has 1 aliphatic heterocycles. The number of fused-ring (bicyclic) bond motifs is 1. The van der Waals surface area contributed by atoms with Gasteiger partial charge in [-0.15, -0.1) is 0 Å². The van der Waals surface area contributed by atoms with Crippen LogP contribution in [-0.4, -0.2) is 46.2 Å². The number of rotatable bonds is 6. The minimum absolute atomic E-state index is 0.154. The van der Waals surface area contributed by atoms with Crippen molar-refractivity contribution in [1.82, 2.24) is 4.90 Å². The number of anilines is 1. The van der Waals surface area contributed by atoms with E-state index in [1.165, 1.54) is 19.1 Å². The van der Waals surface area contributed by atoms with Crippen molar-refractivity contribution in [2.24, 2.45) is 0 Å². The van der Waals surface area contributed by atoms with Gasteiger partial charge in [-0.05, 0) is 25.1 Å². The first kappa shape index (κ1) is 20.6. The van der Waals surface area contributed by atoms with Crippen LogP contribution in [0.4, 0.5) is 15.8 Å². The molecular formula is C19H14FN3O7. The normalized spacial score (nSPS) is 13.6. The number of esters is 1. The second-order valence-electron chi connectivity index (χ2n) is 6.28. The number of carbonyl (C=O) groups excluding carboxylic acids is 4. The van der Waals surface area contributed by atoms with Crippen LogP contribution in [0.1, 0.15) is 27.6 Å². The summed E-state index contributed by atoms with van der Waals surface area (Å²) < 4.78 is 18.5. The largest absolute Gasteiger partial charge is 0.454 e. The lowest BCUT2D eigenvalue weighted by atomic mass is 10.1. The van der Waals surface area contributed by atoms with Crippen molar-refractivity contribution >= 4 is 35.1 Å². The quantitative estimate of drug-likeness (QED) is 0.329. The van der Waals surface area contributed by atoms with Crippen LogP contribution in [0, 0.1) is 15.9 Å². The number of nitrogens with zero attached hydrogens (tertiary/aromatic N) is 2. The molecule has 0 saturated carbocycles. The van der Waals surface area contributed by atoms with Crippen LogP contribution in [-0.2, 0) is 14.3 Å². The molecule has 0 aliphatic carbocycles. The monoisotopic (exact) mass is 415 g/mol. The van der Waals surface area contributed by atoms with E-state index >= 15 is 0 Å². The Hall–Kier alpha value is -4.15. The molecule has 11 heteroatoms. The lowest BCUT2D eigenvalue weighted by molar-refractivity contribution is -0.384. The van der Waals surface area contributed by atoms with E-state index in [2.05, 4.69) is 5.32 Å². The van der Waals surface area contributed by atoms with Crippen molar-refractivity contribution in [1.29, 1.82) is 0 Å². The molecule has 0 spiro atoms. The maximum absolute atomic E-state index is 13.7. The number of imide groups is 1. The summed E-state index contributed by atoms with van der Waals surface area (Å²) in [5, 5.41) is 12.8. The lowest BCUT2D eigenvalue weighted by Gasteiger charge is -2.20. The molecule has 0 saturated heterocycles. The predicted octanol–water partition coefficient (Wildman–Crippen LogP) is 1.90. The van der Waals surface area contributed by atoms with Gasteiger partial charge in [0.05, 0.1) is 21.7 Å². The van der Waals surface area contributed by atoms with Gasteiger partial charge in [0.15, 0.2) is 6.61 Å². The molecule has 3 rings (SSSR count). The Morgan fingerprint density at radius 3 is 2.33 bits per heavy atom. The van der Waals surface area contributed by atoms with Gasteiger partial charge < -0.3 is 10.1 Å². The molecule has 1 heterocycles. The molecule has 0 unspecified atom stereocenters. The van der Waals surface area contributed by atoms with Gasteiger partial charge in [0, 0.05) is 12.1 Å². The molecule has 1 atom stereocenters. The highest BCUT2D eigenvalue weighted by Crippen LogP contribution is 2.25. The number of benzene rings is 2. The number of hydrogen-bond donors (Lipinski definition) is 1. The topological polar surface area (TPSA) is 136 Å². The summed E-state index contributed by atoms with van der Waals surface area (Å²) >= 11 is 0. The van der Waals surface area contributed by atoms with Gasteiger partial charge >= 0.3 is 5.97 Å². The zero-order valence-electron chi connectivity index (χ0n) is 15.5. The molecule has 1 aliphatic rings. The van der Waals surface area contributed by atoms with Gasteiger partial charge in [0.2, 0.25) is 0 Å². The summed E-state index contributed by atoms with van der Waals surface area (Å²) in [6, 6.07) is 7.31. The van der Waals surface area contributed by atoms with Crippen LogP contribution in [0.5, 0.6) is 0 Å². The zero-order valence-corrected chi connectivity index (χ0v) is 15.5. The third-order valence-corrected chi connectivity index (χ3v) is 4.33. The fourth-order valence-electron chi connectivity index (χ4n) is 2.83. The molecular weight excluding hydrogens is 401 g/mol. The zero-order chi connectivity index (χ0) is 22.0. The highest BCUT2D eigenvalue weighted by molar-refractivity contribution is 6.22. The first-order valence-corrected chi connectivity index (χ1v) is 8.58. The Morgan fingerprint density at radius 1 is 1.17 bits per heavy atom. The molecule has 3 amide bonds. The summed E-state index contributed by atoms with van der Waals surface area (Å²) in [5.41, 5.74) is -0.594. The first-order chi connectivity index (χ1) is 14.2. The number of carbonyl (C=O) groups is 4. The summed E-state index contributed by atoms with van der Waals surface area (Å²) in [6.45, 7) is 0.413. The molecule has 0 bridgehead atoms. The fraction of sp³-hybridized carbons (Fsp3) is 0.158. The minimum Gasteiger partial charge on any atom is -0.454 e. The molecule has 30 heavy (non-hydrogen) atoms. The van der Waals surface area contributed by atoms with E-state index < -0.39 is 58.5 Å². The van der Waals surface area contributed by atoms with Crippen molar-refractivity contribution in [3.05, 3.63) is 69.5 Å². The Bertz CT molecular complexity index is 1050. The van der Waals surface area contributed by atoms with Crippen LogP contribution < -0.4 is 5.32 Å². The summed E-state index contributed by atoms with van der Waals surface area (Å²) in [4.78, 5) is 59.6. The molecule has 0 radical (unpaired) electrons. The van der Waals surface area contributed by atoms with E-state index in [0.717, 1.165) is 23.1 Å². The summed E-state index contributed by atoms with van der Waals surface area (Å²) in [5.74, 6) is -4.23. The molecule has 0 fully saturated rings. The molecule has 154 valence electrons. The van der Waals surface area contributed by atoms with Gasteiger partial charge in [-0.1, -0.05) is 12.1 Å². The maximum atomic E-state index is 13.7. The number of amides is 3. The van der Waals surface area contributed by atoms with Gasteiger partial charge in [-0.3, -0.25) is 29.4 Å². The number of ether oxygens (including phenoxy) is 1. The van der Waals surface area contributed by atoms with Crippen molar-refractivity contribution < 1.29 is 33.2 Å². The van der Waals surface area contributed by atoms with Crippen LogP contribution in [0.15, 0.2) is 42.5 Å². The summed E-state index contributed by atoms with van der Waals surface area (Å²) in [6.07, 6.45) is 0. The number of hydrogen-bond acceptors (Lipinski definition) is 7. The van der Waals surface area contributed by atoms with Crippen molar-refractivity contribution in [2.45, 2.75) is 13.0 Å². The SMILES string of the molecule is C[C@@H](C(=O)OCC(=O)Nc1cc([N+](=O)[O-])ccc1F)N1C(=O)c2ccccc2C1=O. The average molecular weight is 415 g/mol. The Kier molecular flexibility index (Phi) is 5.54. The van der Waals surface area contributed by atoms with E-state index in [-0.39, 0.29) is 11.1 Å². The number of non-ortho nitro benzene ring substituents is 1. The Balaban J connectivity index is 1.61. The highest BCUT2D eigenvalue weighted by Gasteiger charge is 2.41. The molecule has 10 nitrogen and oxygen atoms in total. The minimum atomic E-state index is -1.31. The van der Waals surface area contributed by atoms with E-state index in [9.17, 15) is 33.7 Å². The van der Waals surface area contributed by atoms with Crippen LogP contribution in [0.2, 0.25) is 0 Å². The van der Waals surface area contributed by atoms with Crippen LogP contribution >= 0.6 is 0 Å². The van der Waals surface area contributed by atoms with E-state index in [1.54, 1.807) is 12.1 Å². The molecule has 0 aromatic heterocycles. The average Bonchev–Trinajstić information content (AvgIpc) is 2.97. The van der Waals surface area contributed by atoms with Crippen molar-refractivity contribution in [2.75, 3.05) is 11.9 Å².